The Kier molecular flexibility index (Phi) is 4.00. The average Bonchev–Trinajstić information content (AvgIpc) is 2.81. The number of alkyl halides is 3. The molecule has 0 radical (unpaired) electrons. The van der Waals surface area contributed by atoms with Crippen molar-refractivity contribution in [2.75, 3.05) is 0 Å². The maximum atomic E-state index is 12.5. The van der Waals surface area contributed by atoms with Crippen LogP contribution in [0.5, 0.6) is 0 Å². The smallest absolute Gasteiger partial charge is 0.391 e. The van der Waals surface area contributed by atoms with Crippen molar-refractivity contribution in [3.8, 4) is 0 Å². The van der Waals surface area contributed by atoms with E-state index in [1.54, 1.807) is 12.3 Å². The third kappa shape index (κ3) is 3.28. The molecule has 2 N–H and O–H groups in total. The molecular formula is C13H18F3NO. The van der Waals surface area contributed by atoms with Gasteiger partial charge in [0.1, 0.15) is 5.76 Å². The van der Waals surface area contributed by atoms with E-state index >= 15 is 0 Å². The lowest BCUT2D eigenvalue weighted by atomic mass is 9.77. The third-order valence-electron chi connectivity index (χ3n) is 3.86. The summed E-state index contributed by atoms with van der Waals surface area (Å²) in [6, 6.07) is 3.54. The first-order chi connectivity index (χ1) is 8.47. The number of nitrogens with two attached hydrogens (primary N) is 1. The standard InChI is InChI=1S/C13H18F3NO/c14-13(15,16)10-5-3-9(4-6-10)12(17)8-11-2-1-7-18-11/h1-2,7,9-10,12H,3-6,8,17H2. The molecule has 0 aromatic carbocycles. The topological polar surface area (TPSA) is 39.2 Å². The van der Waals surface area contributed by atoms with Gasteiger partial charge in [0.2, 0.25) is 0 Å². The van der Waals surface area contributed by atoms with Crippen LogP contribution >= 0.6 is 0 Å². The van der Waals surface area contributed by atoms with Gasteiger partial charge in [-0.3, -0.25) is 0 Å². The summed E-state index contributed by atoms with van der Waals surface area (Å²) < 4.78 is 42.8. The molecule has 18 heavy (non-hydrogen) atoms. The maximum Gasteiger partial charge on any atom is 0.391 e. The van der Waals surface area contributed by atoms with Crippen molar-refractivity contribution < 1.29 is 17.6 Å². The molecule has 1 heterocycles. The number of furan rings is 1. The van der Waals surface area contributed by atoms with Gasteiger partial charge >= 0.3 is 6.18 Å². The molecule has 1 atom stereocenters. The van der Waals surface area contributed by atoms with Crippen LogP contribution in [0.2, 0.25) is 0 Å². The summed E-state index contributed by atoms with van der Waals surface area (Å²) in [5.41, 5.74) is 6.05. The zero-order valence-electron chi connectivity index (χ0n) is 10.1. The summed E-state index contributed by atoms with van der Waals surface area (Å²) in [7, 11) is 0. The quantitative estimate of drug-likeness (QED) is 0.904. The highest BCUT2D eigenvalue weighted by Crippen LogP contribution is 2.40. The highest BCUT2D eigenvalue weighted by atomic mass is 19.4. The Bertz CT molecular complexity index is 353. The monoisotopic (exact) mass is 261 g/mol. The van der Waals surface area contributed by atoms with E-state index < -0.39 is 12.1 Å². The van der Waals surface area contributed by atoms with E-state index in [1.807, 2.05) is 6.07 Å². The fraction of sp³-hybridized carbons (Fsp3) is 0.692. The molecule has 0 spiro atoms. The minimum Gasteiger partial charge on any atom is -0.469 e. The van der Waals surface area contributed by atoms with Crippen molar-refractivity contribution in [3.05, 3.63) is 24.2 Å². The first-order valence-electron chi connectivity index (χ1n) is 6.31. The highest BCUT2D eigenvalue weighted by molar-refractivity contribution is 5.01. The lowest BCUT2D eigenvalue weighted by Gasteiger charge is -2.32. The Morgan fingerprint density at radius 2 is 1.94 bits per heavy atom. The van der Waals surface area contributed by atoms with Crippen LogP contribution in [-0.2, 0) is 6.42 Å². The average molecular weight is 261 g/mol. The zero-order chi connectivity index (χ0) is 13.2. The Morgan fingerprint density at radius 1 is 1.28 bits per heavy atom. The molecule has 102 valence electrons. The first kappa shape index (κ1) is 13.5. The Morgan fingerprint density at radius 3 is 2.44 bits per heavy atom. The molecule has 1 aliphatic rings. The van der Waals surface area contributed by atoms with Crippen LogP contribution in [-0.4, -0.2) is 12.2 Å². The largest absolute Gasteiger partial charge is 0.469 e. The van der Waals surface area contributed by atoms with E-state index in [2.05, 4.69) is 0 Å². The van der Waals surface area contributed by atoms with Gasteiger partial charge in [-0.1, -0.05) is 0 Å². The van der Waals surface area contributed by atoms with Gasteiger partial charge in [-0.15, -0.1) is 0 Å². The Labute approximate surface area is 104 Å². The third-order valence-corrected chi connectivity index (χ3v) is 3.86. The van der Waals surface area contributed by atoms with Gasteiger partial charge in [-0.25, -0.2) is 0 Å². The molecule has 5 heteroatoms. The van der Waals surface area contributed by atoms with Crippen molar-refractivity contribution in [1.29, 1.82) is 0 Å². The molecule has 1 aromatic rings. The molecule has 0 saturated heterocycles. The van der Waals surface area contributed by atoms with Crippen LogP contribution < -0.4 is 5.73 Å². The summed E-state index contributed by atoms with van der Waals surface area (Å²) >= 11 is 0. The molecule has 0 amide bonds. The van der Waals surface area contributed by atoms with Crippen molar-refractivity contribution in [2.24, 2.45) is 17.6 Å². The van der Waals surface area contributed by atoms with E-state index in [1.165, 1.54) is 0 Å². The molecule has 2 rings (SSSR count). The normalized spacial score (nSPS) is 27.1. The summed E-state index contributed by atoms with van der Waals surface area (Å²) in [4.78, 5) is 0. The summed E-state index contributed by atoms with van der Waals surface area (Å²) in [5, 5.41) is 0. The van der Waals surface area contributed by atoms with Crippen molar-refractivity contribution in [2.45, 2.75) is 44.3 Å². The van der Waals surface area contributed by atoms with Crippen LogP contribution in [0.1, 0.15) is 31.4 Å². The second kappa shape index (κ2) is 5.34. The van der Waals surface area contributed by atoms with Crippen molar-refractivity contribution in [3.63, 3.8) is 0 Å². The molecule has 1 saturated carbocycles. The first-order valence-corrected chi connectivity index (χ1v) is 6.31. The maximum absolute atomic E-state index is 12.5. The van der Waals surface area contributed by atoms with E-state index in [0.29, 0.717) is 19.3 Å². The van der Waals surface area contributed by atoms with Gasteiger partial charge < -0.3 is 10.2 Å². The minimum atomic E-state index is -4.05. The lowest BCUT2D eigenvalue weighted by Crippen LogP contribution is -2.37. The van der Waals surface area contributed by atoms with Gasteiger partial charge in [0.15, 0.2) is 0 Å². The van der Waals surface area contributed by atoms with Crippen LogP contribution in [0, 0.1) is 11.8 Å². The molecule has 1 aliphatic carbocycles. The van der Waals surface area contributed by atoms with Gasteiger partial charge in [0.05, 0.1) is 12.2 Å². The van der Waals surface area contributed by atoms with Crippen LogP contribution in [0.3, 0.4) is 0 Å². The second-order valence-corrected chi connectivity index (χ2v) is 5.10. The fourth-order valence-corrected chi connectivity index (χ4v) is 2.70. The van der Waals surface area contributed by atoms with E-state index in [4.69, 9.17) is 10.2 Å². The number of hydrogen-bond acceptors (Lipinski definition) is 2. The zero-order valence-corrected chi connectivity index (χ0v) is 10.1. The minimum absolute atomic E-state index is 0.106. The second-order valence-electron chi connectivity index (χ2n) is 5.10. The SMILES string of the molecule is NC(Cc1ccco1)C1CCC(C(F)(F)F)CC1. The summed E-state index contributed by atoms with van der Waals surface area (Å²) in [5.74, 6) is -0.154. The van der Waals surface area contributed by atoms with E-state index in [-0.39, 0.29) is 24.8 Å². The Balaban J connectivity index is 1.82. The van der Waals surface area contributed by atoms with Gasteiger partial charge in [-0.05, 0) is 43.7 Å². The van der Waals surface area contributed by atoms with Gasteiger partial charge in [0, 0.05) is 12.5 Å². The lowest BCUT2D eigenvalue weighted by molar-refractivity contribution is -0.184. The van der Waals surface area contributed by atoms with Gasteiger partial charge in [-0.2, -0.15) is 13.2 Å². The number of halogens is 3. The molecule has 1 fully saturated rings. The summed E-state index contributed by atoms with van der Waals surface area (Å²) in [6.45, 7) is 0. The summed E-state index contributed by atoms with van der Waals surface area (Å²) in [6.07, 6.45) is -0.314. The molecule has 0 bridgehead atoms. The number of hydrogen-bond donors (Lipinski definition) is 1. The molecule has 2 nitrogen and oxygen atoms in total. The van der Waals surface area contributed by atoms with Crippen LogP contribution in [0.4, 0.5) is 13.2 Å². The van der Waals surface area contributed by atoms with Crippen LogP contribution in [0.15, 0.2) is 22.8 Å². The predicted octanol–water partition coefficient (Wildman–Crippen LogP) is 3.52. The van der Waals surface area contributed by atoms with Gasteiger partial charge in [0.25, 0.3) is 0 Å². The predicted molar refractivity (Wildman–Crippen MR) is 61.9 cm³/mol. The number of rotatable bonds is 3. The molecule has 1 aromatic heterocycles. The van der Waals surface area contributed by atoms with E-state index in [0.717, 1.165) is 5.76 Å². The molecule has 1 unspecified atom stereocenters. The van der Waals surface area contributed by atoms with E-state index in [9.17, 15) is 13.2 Å². The van der Waals surface area contributed by atoms with Crippen molar-refractivity contribution >= 4 is 0 Å². The van der Waals surface area contributed by atoms with Crippen molar-refractivity contribution in [1.82, 2.24) is 0 Å². The fourth-order valence-electron chi connectivity index (χ4n) is 2.70. The highest BCUT2D eigenvalue weighted by Gasteiger charge is 2.42. The molecule has 0 aliphatic heterocycles. The Hall–Kier alpha value is -0.970. The molecular weight excluding hydrogens is 243 g/mol. The van der Waals surface area contributed by atoms with Crippen LogP contribution in [0.25, 0.3) is 0 Å².